The second-order valence-corrected chi connectivity index (χ2v) is 5.19. The lowest BCUT2D eigenvalue weighted by Crippen LogP contribution is -2.38. The summed E-state index contributed by atoms with van der Waals surface area (Å²) >= 11 is 1.09. The second-order valence-electron chi connectivity index (χ2n) is 4.20. The smallest absolute Gasteiger partial charge is 0.279 e. The molecule has 0 bridgehead atoms. The Morgan fingerprint density at radius 1 is 1.60 bits per heavy atom. The average Bonchev–Trinajstić information content (AvgIpc) is 2.87. The van der Waals surface area contributed by atoms with Crippen molar-refractivity contribution in [2.45, 2.75) is 19.6 Å². The second kappa shape index (κ2) is 6.62. The molecule has 0 aliphatic carbocycles. The summed E-state index contributed by atoms with van der Waals surface area (Å²) in [6, 6.07) is 4.54. The lowest BCUT2D eigenvalue weighted by atomic mass is 10.1. The number of hydrogen-bond donors (Lipinski definition) is 3. The number of aliphatic hydroxyl groups is 1. The van der Waals surface area contributed by atoms with Crippen LogP contribution in [0.2, 0.25) is 0 Å². The zero-order chi connectivity index (χ0) is 14.5. The number of benzene rings is 1. The van der Waals surface area contributed by atoms with Gasteiger partial charge in [0.25, 0.3) is 5.24 Å². The van der Waals surface area contributed by atoms with Gasteiger partial charge in [-0.1, -0.05) is 11.8 Å². The van der Waals surface area contributed by atoms with Crippen LogP contribution in [0.15, 0.2) is 18.2 Å². The van der Waals surface area contributed by atoms with Gasteiger partial charge in [0.2, 0.25) is 5.91 Å². The molecule has 0 spiro atoms. The number of rotatable bonds is 5. The number of nitrogens with one attached hydrogen (secondary N) is 2. The molecule has 3 N–H and O–H groups in total. The predicted octanol–water partition coefficient (Wildman–Crippen LogP) is 1.34. The fourth-order valence-corrected chi connectivity index (χ4v) is 2.61. The molecule has 108 valence electrons. The van der Waals surface area contributed by atoms with Gasteiger partial charge in [-0.3, -0.25) is 9.59 Å². The van der Waals surface area contributed by atoms with Crippen LogP contribution in [0.1, 0.15) is 12.5 Å². The van der Waals surface area contributed by atoms with E-state index in [0.29, 0.717) is 29.4 Å². The summed E-state index contributed by atoms with van der Waals surface area (Å²) < 4.78 is 5.37. The van der Waals surface area contributed by atoms with Crippen molar-refractivity contribution in [3.63, 3.8) is 0 Å². The Kier molecular flexibility index (Phi) is 4.86. The van der Waals surface area contributed by atoms with Gasteiger partial charge >= 0.3 is 0 Å². The highest BCUT2D eigenvalue weighted by Crippen LogP contribution is 2.23. The van der Waals surface area contributed by atoms with Crippen LogP contribution in [0.5, 0.6) is 5.75 Å². The zero-order valence-corrected chi connectivity index (χ0v) is 11.8. The molecule has 6 nitrogen and oxygen atoms in total. The van der Waals surface area contributed by atoms with Crippen LogP contribution in [0, 0.1) is 0 Å². The molecular formula is C13H16N2O4S. The molecular weight excluding hydrogens is 280 g/mol. The molecule has 2 rings (SSSR count). The number of carbonyl (C=O) groups excluding carboxylic acids is 2. The number of ether oxygens (including phenoxy) is 1. The van der Waals surface area contributed by atoms with E-state index in [1.54, 1.807) is 18.2 Å². The summed E-state index contributed by atoms with van der Waals surface area (Å²) in [6.45, 7) is 2.19. The summed E-state index contributed by atoms with van der Waals surface area (Å²) in [7, 11) is 0. The van der Waals surface area contributed by atoms with Crippen molar-refractivity contribution >= 4 is 28.6 Å². The van der Waals surface area contributed by atoms with E-state index in [1.807, 2.05) is 6.92 Å². The van der Waals surface area contributed by atoms with Crippen molar-refractivity contribution in [1.82, 2.24) is 5.32 Å². The van der Waals surface area contributed by atoms with E-state index in [9.17, 15) is 14.7 Å². The Bertz CT molecular complexity index is 521. The summed E-state index contributed by atoms with van der Waals surface area (Å²) in [6.07, 6.45) is 0. The molecule has 0 aromatic heterocycles. The highest BCUT2D eigenvalue weighted by molar-refractivity contribution is 8.14. The van der Waals surface area contributed by atoms with E-state index < -0.39 is 6.04 Å². The molecule has 1 heterocycles. The number of aliphatic hydroxyl groups excluding tert-OH is 1. The van der Waals surface area contributed by atoms with Crippen molar-refractivity contribution in [2.24, 2.45) is 0 Å². The minimum Gasteiger partial charge on any atom is -0.494 e. The molecule has 1 aliphatic rings. The third-order valence-corrected chi connectivity index (χ3v) is 3.67. The number of thioether (sulfide) groups is 1. The van der Waals surface area contributed by atoms with Crippen molar-refractivity contribution in [1.29, 1.82) is 0 Å². The lowest BCUT2D eigenvalue weighted by Gasteiger charge is -2.13. The maximum atomic E-state index is 11.9. The molecule has 7 heteroatoms. The van der Waals surface area contributed by atoms with E-state index in [1.165, 1.54) is 0 Å². The molecule has 0 saturated carbocycles. The topological polar surface area (TPSA) is 87.7 Å². The van der Waals surface area contributed by atoms with Crippen LogP contribution in [-0.4, -0.2) is 34.7 Å². The molecule has 2 amide bonds. The number of amides is 2. The average molecular weight is 296 g/mol. The van der Waals surface area contributed by atoms with Crippen LogP contribution >= 0.6 is 11.8 Å². The van der Waals surface area contributed by atoms with Crippen LogP contribution in [0.25, 0.3) is 0 Å². The van der Waals surface area contributed by atoms with E-state index in [4.69, 9.17) is 4.74 Å². The van der Waals surface area contributed by atoms with Gasteiger partial charge in [-0.05, 0) is 25.1 Å². The van der Waals surface area contributed by atoms with Gasteiger partial charge in [0.15, 0.2) is 0 Å². The van der Waals surface area contributed by atoms with Gasteiger partial charge in [-0.25, -0.2) is 0 Å². The van der Waals surface area contributed by atoms with Gasteiger partial charge in [-0.2, -0.15) is 0 Å². The molecule has 1 atom stereocenters. The van der Waals surface area contributed by atoms with Crippen molar-refractivity contribution in [3.05, 3.63) is 23.8 Å². The number of carbonyl (C=O) groups is 2. The molecule has 1 unspecified atom stereocenters. The van der Waals surface area contributed by atoms with E-state index in [0.717, 1.165) is 11.8 Å². The highest BCUT2D eigenvalue weighted by atomic mass is 32.2. The Balaban J connectivity index is 2.05. The Morgan fingerprint density at radius 3 is 3.00 bits per heavy atom. The van der Waals surface area contributed by atoms with Gasteiger partial charge < -0.3 is 20.5 Å². The van der Waals surface area contributed by atoms with E-state index in [2.05, 4.69) is 10.6 Å². The molecule has 1 aromatic rings. The first-order valence-corrected chi connectivity index (χ1v) is 7.23. The summed E-state index contributed by atoms with van der Waals surface area (Å²) in [5.41, 5.74) is 1.17. The van der Waals surface area contributed by atoms with Crippen molar-refractivity contribution < 1.29 is 19.4 Å². The number of hydrogen-bond acceptors (Lipinski definition) is 5. The first-order chi connectivity index (χ1) is 9.63. The Labute approximate surface area is 120 Å². The van der Waals surface area contributed by atoms with Crippen molar-refractivity contribution in [2.75, 3.05) is 17.7 Å². The van der Waals surface area contributed by atoms with E-state index in [-0.39, 0.29) is 17.8 Å². The fourth-order valence-electron chi connectivity index (χ4n) is 1.83. The normalized spacial score (nSPS) is 17.7. The SMILES string of the molecule is CCOc1ccc(NC(=O)C2CSC(=O)N2)cc1CO. The maximum absolute atomic E-state index is 11.9. The molecule has 1 aromatic carbocycles. The fraction of sp³-hybridized carbons (Fsp3) is 0.385. The predicted molar refractivity (Wildman–Crippen MR) is 76.9 cm³/mol. The van der Waals surface area contributed by atoms with Crippen LogP contribution in [0.3, 0.4) is 0 Å². The summed E-state index contributed by atoms with van der Waals surface area (Å²) in [5, 5.41) is 14.4. The van der Waals surface area contributed by atoms with Crippen LogP contribution in [0.4, 0.5) is 10.5 Å². The first-order valence-electron chi connectivity index (χ1n) is 6.24. The highest BCUT2D eigenvalue weighted by Gasteiger charge is 2.28. The number of anilines is 1. The first kappa shape index (κ1) is 14.7. The minimum absolute atomic E-state index is 0.172. The minimum atomic E-state index is -0.517. The largest absolute Gasteiger partial charge is 0.494 e. The Morgan fingerprint density at radius 2 is 2.40 bits per heavy atom. The van der Waals surface area contributed by atoms with E-state index >= 15 is 0 Å². The lowest BCUT2D eigenvalue weighted by molar-refractivity contribution is -0.117. The quantitative estimate of drug-likeness (QED) is 0.763. The maximum Gasteiger partial charge on any atom is 0.279 e. The molecule has 1 saturated heterocycles. The molecule has 20 heavy (non-hydrogen) atoms. The summed E-state index contributed by atoms with van der Waals surface area (Å²) in [4.78, 5) is 23.0. The molecule has 0 radical (unpaired) electrons. The van der Waals surface area contributed by atoms with Gasteiger partial charge in [0, 0.05) is 17.0 Å². The van der Waals surface area contributed by atoms with Gasteiger partial charge in [0.1, 0.15) is 11.8 Å². The van der Waals surface area contributed by atoms with Crippen LogP contribution in [-0.2, 0) is 11.4 Å². The summed E-state index contributed by atoms with van der Waals surface area (Å²) in [5.74, 6) is 0.753. The molecule has 1 aliphatic heterocycles. The van der Waals surface area contributed by atoms with Crippen molar-refractivity contribution in [3.8, 4) is 5.75 Å². The van der Waals surface area contributed by atoms with Gasteiger partial charge in [0.05, 0.1) is 13.2 Å². The monoisotopic (exact) mass is 296 g/mol. The molecule has 1 fully saturated rings. The standard InChI is InChI=1S/C13H16N2O4S/c1-2-19-11-4-3-9(5-8(11)6-16)14-12(17)10-7-20-13(18)15-10/h3-5,10,16H,2,6-7H2,1H3,(H,14,17)(H,15,18). The van der Waals surface area contributed by atoms with Gasteiger partial charge in [-0.15, -0.1) is 0 Å². The Hall–Kier alpha value is -1.73. The van der Waals surface area contributed by atoms with Crippen LogP contribution < -0.4 is 15.4 Å². The zero-order valence-electron chi connectivity index (χ0n) is 11.0. The third kappa shape index (κ3) is 3.43. The third-order valence-electron chi connectivity index (χ3n) is 2.79.